The van der Waals surface area contributed by atoms with Crippen molar-refractivity contribution < 1.29 is 22.7 Å². The molecule has 25 heavy (non-hydrogen) atoms. The van der Waals surface area contributed by atoms with E-state index in [1.54, 1.807) is 6.07 Å². The Morgan fingerprint density at radius 3 is 2.64 bits per heavy atom. The summed E-state index contributed by atoms with van der Waals surface area (Å²) in [6.45, 7) is 3.90. The van der Waals surface area contributed by atoms with Gasteiger partial charge in [0.2, 0.25) is 0 Å². The number of aliphatic hydroxyl groups excluding tert-OH is 1. The number of aliphatic hydroxyl groups is 1. The number of benzene rings is 1. The van der Waals surface area contributed by atoms with E-state index in [2.05, 4.69) is 10.3 Å². The molecule has 0 unspecified atom stereocenters. The predicted molar refractivity (Wildman–Crippen MR) is 88.2 cm³/mol. The minimum atomic E-state index is -4.51. The number of rotatable bonds is 4. The largest absolute Gasteiger partial charge is 0.440 e. The molecule has 1 aromatic carbocycles. The Labute approximate surface area is 144 Å². The Bertz CT molecular complexity index is 740. The third-order valence-electron chi connectivity index (χ3n) is 4.66. The molecule has 1 aliphatic carbocycles. The Morgan fingerprint density at radius 2 is 2.00 bits per heavy atom. The highest BCUT2D eigenvalue weighted by atomic mass is 19.4. The van der Waals surface area contributed by atoms with Gasteiger partial charge in [-0.1, -0.05) is 26.7 Å². The number of aromatic nitrogens is 1. The van der Waals surface area contributed by atoms with Crippen molar-refractivity contribution in [1.82, 2.24) is 10.3 Å². The fourth-order valence-electron chi connectivity index (χ4n) is 3.27. The highest BCUT2D eigenvalue weighted by Crippen LogP contribution is 2.37. The lowest BCUT2D eigenvalue weighted by atomic mass is 9.92. The third kappa shape index (κ3) is 3.98. The Hall–Kier alpha value is -1.60. The van der Waals surface area contributed by atoms with Crippen LogP contribution in [0.15, 0.2) is 16.5 Å². The van der Waals surface area contributed by atoms with E-state index in [0.29, 0.717) is 11.5 Å². The molecule has 1 aromatic heterocycles. The molecule has 1 fully saturated rings. The molecule has 3 rings (SSSR count). The molecule has 1 aliphatic rings. The molecule has 0 amide bonds. The van der Waals surface area contributed by atoms with E-state index in [1.807, 2.05) is 13.8 Å². The number of hydrogen-bond donors (Lipinski definition) is 2. The highest BCUT2D eigenvalue weighted by molar-refractivity contribution is 5.78. The number of alkyl halides is 3. The molecule has 0 aliphatic heterocycles. The summed E-state index contributed by atoms with van der Waals surface area (Å²) in [6, 6.07) is 2.66. The second-order valence-electron chi connectivity index (χ2n) is 7.04. The predicted octanol–water partition coefficient (Wildman–Crippen LogP) is 4.36. The number of nitrogens with zero attached hydrogens (tertiary/aromatic N) is 1. The average Bonchev–Trinajstić information content (AvgIpc) is 2.96. The van der Waals surface area contributed by atoms with Gasteiger partial charge in [-0.3, -0.25) is 0 Å². The summed E-state index contributed by atoms with van der Waals surface area (Å²) in [5, 5.41) is 13.2. The van der Waals surface area contributed by atoms with Crippen LogP contribution in [0.1, 0.15) is 62.5 Å². The molecule has 4 nitrogen and oxygen atoms in total. The Kier molecular flexibility index (Phi) is 5.06. The van der Waals surface area contributed by atoms with Crippen LogP contribution < -0.4 is 5.32 Å². The number of oxazole rings is 1. The van der Waals surface area contributed by atoms with E-state index in [1.165, 1.54) is 0 Å². The summed E-state index contributed by atoms with van der Waals surface area (Å²) in [7, 11) is 0. The van der Waals surface area contributed by atoms with Gasteiger partial charge in [0.1, 0.15) is 11.1 Å². The SMILES string of the molecule is CC(C)c1nc2cc(CN[C@H]3CCCC[C@@H]3O)cc(C(F)(F)F)c2o1. The number of fused-ring (bicyclic) bond motifs is 1. The minimum absolute atomic E-state index is 0.0812. The molecule has 2 aromatic rings. The maximum Gasteiger partial charge on any atom is 0.420 e. The second-order valence-corrected chi connectivity index (χ2v) is 7.04. The van der Waals surface area contributed by atoms with Gasteiger partial charge in [-0.05, 0) is 30.5 Å². The zero-order valence-corrected chi connectivity index (χ0v) is 14.4. The van der Waals surface area contributed by atoms with Gasteiger partial charge >= 0.3 is 6.18 Å². The monoisotopic (exact) mass is 356 g/mol. The lowest BCUT2D eigenvalue weighted by molar-refractivity contribution is -0.136. The fourth-order valence-corrected chi connectivity index (χ4v) is 3.27. The zero-order valence-electron chi connectivity index (χ0n) is 14.4. The fraction of sp³-hybridized carbons (Fsp3) is 0.611. The van der Waals surface area contributed by atoms with E-state index in [9.17, 15) is 18.3 Å². The van der Waals surface area contributed by atoms with Crippen LogP contribution in [0.4, 0.5) is 13.2 Å². The molecule has 1 heterocycles. The molecule has 1 saturated carbocycles. The van der Waals surface area contributed by atoms with Gasteiger partial charge in [-0.15, -0.1) is 0 Å². The van der Waals surface area contributed by atoms with Gasteiger partial charge in [0.25, 0.3) is 0 Å². The van der Waals surface area contributed by atoms with Crippen LogP contribution in [0.3, 0.4) is 0 Å². The van der Waals surface area contributed by atoms with Gasteiger partial charge in [0, 0.05) is 18.5 Å². The third-order valence-corrected chi connectivity index (χ3v) is 4.66. The highest BCUT2D eigenvalue weighted by Gasteiger charge is 2.35. The van der Waals surface area contributed by atoms with Crippen LogP contribution in [-0.4, -0.2) is 22.2 Å². The van der Waals surface area contributed by atoms with Crippen molar-refractivity contribution >= 4 is 11.1 Å². The summed E-state index contributed by atoms with van der Waals surface area (Å²) in [4.78, 5) is 4.21. The first-order valence-corrected chi connectivity index (χ1v) is 8.67. The van der Waals surface area contributed by atoms with Crippen LogP contribution in [0.25, 0.3) is 11.1 Å². The molecule has 2 atom stereocenters. The zero-order chi connectivity index (χ0) is 18.2. The second kappa shape index (κ2) is 6.96. The smallest absolute Gasteiger partial charge is 0.420 e. The molecule has 138 valence electrons. The molecular weight excluding hydrogens is 333 g/mol. The van der Waals surface area contributed by atoms with Crippen LogP contribution in [0.5, 0.6) is 0 Å². The lowest BCUT2D eigenvalue weighted by Crippen LogP contribution is -2.41. The Balaban J connectivity index is 1.90. The summed E-state index contributed by atoms with van der Waals surface area (Å²) in [5.41, 5.74) is -0.302. The standard InChI is InChI=1S/C18H23F3N2O2/c1-10(2)17-23-14-8-11(7-12(16(14)25-17)18(19,20)21)9-22-13-5-3-4-6-15(13)24/h7-8,10,13,15,22,24H,3-6,9H2,1-2H3/t13-,15-/m0/s1. The van der Waals surface area contributed by atoms with Crippen molar-refractivity contribution in [2.24, 2.45) is 0 Å². The number of hydrogen-bond acceptors (Lipinski definition) is 4. The normalized spacial score (nSPS) is 22.0. The molecule has 0 radical (unpaired) electrons. The van der Waals surface area contributed by atoms with Gasteiger partial charge < -0.3 is 14.8 Å². The lowest BCUT2D eigenvalue weighted by Gasteiger charge is -2.28. The maximum absolute atomic E-state index is 13.4. The van der Waals surface area contributed by atoms with E-state index in [-0.39, 0.29) is 29.6 Å². The minimum Gasteiger partial charge on any atom is -0.440 e. The van der Waals surface area contributed by atoms with E-state index in [4.69, 9.17) is 4.42 Å². The maximum atomic E-state index is 13.4. The molecule has 7 heteroatoms. The van der Waals surface area contributed by atoms with E-state index >= 15 is 0 Å². The van der Waals surface area contributed by atoms with E-state index in [0.717, 1.165) is 31.7 Å². The van der Waals surface area contributed by atoms with Crippen LogP contribution in [0, 0.1) is 0 Å². The van der Waals surface area contributed by atoms with Crippen molar-refractivity contribution in [3.8, 4) is 0 Å². The van der Waals surface area contributed by atoms with Crippen molar-refractivity contribution in [3.05, 3.63) is 29.2 Å². The molecule has 2 N–H and O–H groups in total. The molecular formula is C18H23F3N2O2. The van der Waals surface area contributed by atoms with Crippen molar-refractivity contribution in [3.63, 3.8) is 0 Å². The van der Waals surface area contributed by atoms with Gasteiger partial charge in [-0.2, -0.15) is 13.2 Å². The van der Waals surface area contributed by atoms with Crippen LogP contribution >= 0.6 is 0 Å². The molecule has 0 saturated heterocycles. The first-order valence-electron chi connectivity index (χ1n) is 8.67. The van der Waals surface area contributed by atoms with Crippen LogP contribution in [0.2, 0.25) is 0 Å². The van der Waals surface area contributed by atoms with Crippen molar-refractivity contribution in [1.29, 1.82) is 0 Å². The Morgan fingerprint density at radius 1 is 1.28 bits per heavy atom. The van der Waals surface area contributed by atoms with Crippen molar-refractivity contribution in [2.45, 2.75) is 70.3 Å². The number of nitrogens with one attached hydrogen (secondary N) is 1. The van der Waals surface area contributed by atoms with Crippen LogP contribution in [-0.2, 0) is 12.7 Å². The first kappa shape index (κ1) is 18.2. The van der Waals surface area contributed by atoms with Gasteiger partial charge in [-0.25, -0.2) is 4.98 Å². The average molecular weight is 356 g/mol. The molecule has 0 spiro atoms. The summed E-state index contributed by atoms with van der Waals surface area (Å²) in [6.07, 6.45) is -1.39. The number of halogens is 3. The van der Waals surface area contributed by atoms with Gasteiger partial charge in [0.15, 0.2) is 11.5 Å². The summed E-state index contributed by atoms with van der Waals surface area (Å²) >= 11 is 0. The van der Waals surface area contributed by atoms with E-state index < -0.39 is 17.8 Å². The van der Waals surface area contributed by atoms with Crippen molar-refractivity contribution in [2.75, 3.05) is 0 Å². The molecule has 0 bridgehead atoms. The van der Waals surface area contributed by atoms with Gasteiger partial charge in [0.05, 0.1) is 6.10 Å². The summed E-state index contributed by atoms with van der Waals surface area (Å²) in [5.74, 6) is 0.209. The first-order chi connectivity index (χ1) is 11.8. The quantitative estimate of drug-likeness (QED) is 0.854. The topological polar surface area (TPSA) is 58.3 Å². The summed E-state index contributed by atoms with van der Waals surface area (Å²) < 4.78 is 45.6.